The first-order valence-corrected chi connectivity index (χ1v) is 12.5. The Balaban J connectivity index is 1.59. The minimum Gasteiger partial charge on any atom is -0.479 e. The Labute approximate surface area is 217 Å². The number of carboxylic acids is 1. The molecule has 1 heterocycles. The third-order valence-corrected chi connectivity index (χ3v) is 7.49. The van der Waals surface area contributed by atoms with Crippen molar-refractivity contribution in [3.63, 3.8) is 0 Å². The van der Waals surface area contributed by atoms with E-state index in [0.717, 1.165) is 5.69 Å². The highest BCUT2D eigenvalue weighted by atomic mass is 35.5. The molecule has 4 rings (SSSR count). The Kier molecular flexibility index (Phi) is 7.54. The van der Waals surface area contributed by atoms with Crippen LogP contribution in [-0.4, -0.2) is 39.5 Å². The number of hydrogen-bond donors (Lipinski definition) is 4. The third kappa shape index (κ3) is 5.32. The molecule has 4 N–H and O–H groups in total. The number of carbonyl (C=O) groups is 3. The van der Waals surface area contributed by atoms with Gasteiger partial charge in [0.25, 0.3) is 0 Å². The number of aromatic amines is 1. The van der Waals surface area contributed by atoms with Gasteiger partial charge in [0.05, 0.1) is 17.0 Å². The van der Waals surface area contributed by atoms with Crippen molar-refractivity contribution in [2.24, 2.45) is 5.92 Å². The Morgan fingerprint density at radius 3 is 2.62 bits per heavy atom. The van der Waals surface area contributed by atoms with E-state index in [9.17, 15) is 28.3 Å². The van der Waals surface area contributed by atoms with Crippen LogP contribution in [0.1, 0.15) is 43.5 Å². The zero-order chi connectivity index (χ0) is 26.9. The zero-order valence-corrected chi connectivity index (χ0v) is 21.2. The summed E-state index contributed by atoms with van der Waals surface area (Å²) in [4.78, 5) is 41.8. The van der Waals surface area contributed by atoms with E-state index in [1.807, 2.05) is 6.92 Å². The molecule has 10 heteroatoms. The molecule has 3 aromatic rings. The molecular formula is C27H28ClF2N3O4. The summed E-state index contributed by atoms with van der Waals surface area (Å²) in [6, 6.07) is 7.31. The van der Waals surface area contributed by atoms with Crippen LogP contribution < -0.4 is 10.6 Å². The van der Waals surface area contributed by atoms with E-state index >= 15 is 0 Å². The lowest BCUT2D eigenvalue weighted by atomic mass is 9.79. The molecule has 0 spiro atoms. The van der Waals surface area contributed by atoms with E-state index in [1.54, 1.807) is 13.0 Å². The largest absolute Gasteiger partial charge is 0.479 e. The van der Waals surface area contributed by atoms with Crippen LogP contribution in [0.4, 0.5) is 8.78 Å². The third-order valence-electron chi connectivity index (χ3n) is 7.19. The highest BCUT2D eigenvalue weighted by Gasteiger charge is 2.45. The standard InChI is InChI=1S/C27H28ClF2N3O4/c1-3-14(2)23(32-22(34)10-15-6-4-5-7-20(15)30)25(35)33-27(26(36)37)9-8-21-18(13-27)17-11-16(29)12-19(28)24(17)31-21/h4-7,11-12,14,23,31H,3,8-10,13H2,1-2H3,(H,32,34)(H,33,35)(H,36,37)/t14?,23-,27+/m0/s1. The molecule has 0 radical (unpaired) electrons. The van der Waals surface area contributed by atoms with Crippen molar-refractivity contribution in [2.75, 3.05) is 0 Å². The maximum absolute atomic E-state index is 14.1. The van der Waals surface area contributed by atoms with Crippen LogP contribution in [0.15, 0.2) is 36.4 Å². The van der Waals surface area contributed by atoms with Gasteiger partial charge in [-0.15, -0.1) is 0 Å². The highest BCUT2D eigenvalue weighted by molar-refractivity contribution is 6.35. The summed E-state index contributed by atoms with van der Waals surface area (Å²) < 4.78 is 28.1. The number of aryl methyl sites for hydroxylation is 1. The zero-order valence-electron chi connectivity index (χ0n) is 20.5. The van der Waals surface area contributed by atoms with E-state index in [2.05, 4.69) is 15.6 Å². The van der Waals surface area contributed by atoms with Gasteiger partial charge in [0.1, 0.15) is 23.2 Å². The first kappa shape index (κ1) is 26.6. The van der Waals surface area contributed by atoms with E-state index in [-0.39, 0.29) is 35.8 Å². The van der Waals surface area contributed by atoms with Crippen molar-refractivity contribution in [1.29, 1.82) is 0 Å². The Morgan fingerprint density at radius 1 is 1.22 bits per heavy atom. The molecule has 1 aliphatic carbocycles. The first-order chi connectivity index (χ1) is 17.5. The molecular weight excluding hydrogens is 504 g/mol. The Morgan fingerprint density at radius 2 is 1.95 bits per heavy atom. The number of aliphatic carboxylic acids is 1. The molecule has 7 nitrogen and oxygen atoms in total. The number of H-pyrrole nitrogens is 1. The van der Waals surface area contributed by atoms with Crippen LogP contribution in [0, 0.1) is 17.6 Å². The number of hydrogen-bond acceptors (Lipinski definition) is 3. The molecule has 1 unspecified atom stereocenters. The number of carbonyl (C=O) groups excluding carboxylic acids is 2. The van der Waals surface area contributed by atoms with Gasteiger partial charge in [0.2, 0.25) is 11.8 Å². The molecule has 37 heavy (non-hydrogen) atoms. The van der Waals surface area contributed by atoms with Crippen molar-refractivity contribution in [1.82, 2.24) is 15.6 Å². The van der Waals surface area contributed by atoms with Gasteiger partial charge in [-0.25, -0.2) is 13.6 Å². The number of fused-ring (bicyclic) bond motifs is 3. The SMILES string of the molecule is CCC(C)[C@H](NC(=O)Cc1ccccc1F)C(=O)N[C@]1(C(=O)O)CCc2[nH]c3c(Cl)cc(F)cc3c2C1. The van der Waals surface area contributed by atoms with Gasteiger partial charge in [-0.05, 0) is 48.1 Å². The molecule has 196 valence electrons. The monoisotopic (exact) mass is 531 g/mol. The average Bonchev–Trinajstić information content (AvgIpc) is 3.21. The van der Waals surface area contributed by atoms with E-state index in [4.69, 9.17) is 11.6 Å². The summed E-state index contributed by atoms with van der Waals surface area (Å²) >= 11 is 6.19. The van der Waals surface area contributed by atoms with Crippen LogP contribution >= 0.6 is 11.6 Å². The van der Waals surface area contributed by atoms with Crippen molar-refractivity contribution in [3.8, 4) is 0 Å². The van der Waals surface area contributed by atoms with Crippen molar-refractivity contribution in [2.45, 2.75) is 57.5 Å². The van der Waals surface area contributed by atoms with Crippen molar-refractivity contribution in [3.05, 3.63) is 69.9 Å². The smallest absolute Gasteiger partial charge is 0.329 e. The van der Waals surface area contributed by atoms with Crippen LogP contribution in [0.3, 0.4) is 0 Å². The van der Waals surface area contributed by atoms with Gasteiger partial charge in [0, 0.05) is 17.5 Å². The average molecular weight is 532 g/mol. The molecule has 0 saturated heterocycles. The number of aromatic nitrogens is 1. The predicted molar refractivity (Wildman–Crippen MR) is 135 cm³/mol. The van der Waals surface area contributed by atoms with E-state index in [1.165, 1.54) is 30.3 Å². The van der Waals surface area contributed by atoms with Crippen LogP contribution in [0.5, 0.6) is 0 Å². The molecule has 2 aromatic carbocycles. The normalized spacial score (nSPS) is 18.6. The maximum atomic E-state index is 14.1. The summed E-state index contributed by atoms with van der Waals surface area (Å²) in [6.45, 7) is 3.61. The minimum absolute atomic E-state index is 0.0837. The second-order valence-corrected chi connectivity index (χ2v) is 10.1. The van der Waals surface area contributed by atoms with Gasteiger partial charge < -0.3 is 20.7 Å². The van der Waals surface area contributed by atoms with Gasteiger partial charge in [0.15, 0.2) is 0 Å². The van der Waals surface area contributed by atoms with Crippen molar-refractivity contribution < 1.29 is 28.3 Å². The number of rotatable bonds is 8. The summed E-state index contributed by atoms with van der Waals surface area (Å²) in [5.41, 5.74) is 0.355. The van der Waals surface area contributed by atoms with Gasteiger partial charge in [-0.1, -0.05) is 50.1 Å². The Bertz CT molecular complexity index is 1380. The lowest BCUT2D eigenvalue weighted by molar-refractivity contribution is -0.149. The molecule has 3 atom stereocenters. The summed E-state index contributed by atoms with van der Waals surface area (Å²) in [5.74, 6) is -3.84. The van der Waals surface area contributed by atoms with Crippen LogP contribution in [-0.2, 0) is 33.6 Å². The number of benzene rings is 2. The highest BCUT2D eigenvalue weighted by Crippen LogP contribution is 2.37. The Hall–Kier alpha value is -3.46. The predicted octanol–water partition coefficient (Wildman–Crippen LogP) is 4.30. The molecule has 1 aromatic heterocycles. The van der Waals surface area contributed by atoms with E-state index < -0.39 is 41.0 Å². The summed E-state index contributed by atoms with van der Waals surface area (Å²) in [7, 11) is 0. The number of halogens is 3. The maximum Gasteiger partial charge on any atom is 0.329 e. The summed E-state index contributed by atoms with van der Waals surface area (Å²) in [6.07, 6.45) is 0.566. The van der Waals surface area contributed by atoms with Crippen LogP contribution in [0.2, 0.25) is 5.02 Å². The molecule has 0 saturated carbocycles. The lowest BCUT2D eigenvalue weighted by Crippen LogP contribution is -2.62. The minimum atomic E-state index is -1.67. The van der Waals surface area contributed by atoms with Crippen LogP contribution in [0.25, 0.3) is 10.9 Å². The van der Waals surface area contributed by atoms with Crippen molar-refractivity contribution >= 4 is 40.3 Å². The quantitative estimate of drug-likeness (QED) is 0.347. The number of amides is 2. The fourth-order valence-electron chi connectivity index (χ4n) is 4.87. The number of nitrogens with one attached hydrogen (secondary N) is 3. The fraction of sp³-hybridized carbons (Fsp3) is 0.370. The molecule has 2 amide bonds. The van der Waals surface area contributed by atoms with Gasteiger partial charge in [-0.3, -0.25) is 9.59 Å². The number of carboxylic acid groups (broad SMARTS) is 1. The molecule has 0 bridgehead atoms. The summed E-state index contributed by atoms with van der Waals surface area (Å²) in [5, 5.41) is 16.2. The molecule has 0 fully saturated rings. The first-order valence-electron chi connectivity index (χ1n) is 12.1. The van der Waals surface area contributed by atoms with Gasteiger partial charge >= 0.3 is 5.97 Å². The topological polar surface area (TPSA) is 111 Å². The second-order valence-electron chi connectivity index (χ2n) is 9.64. The van der Waals surface area contributed by atoms with E-state index in [0.29, 0.717) is 29.3 Å². The van der Waals surface area contributed by atoms with Gasteiger partial charge in [-0.2, -0.15) is 0 Å². The lowest BCUT2D eigenvalue weighted by Gasteiger charge is -2.36. The fourth-order valence-corrected chi connectivity index (χ4v) is 5.12. The molecule has 0 aliphatic heterocycles. The second kappa shape index (κ2) is 10.5. The molecule has 1 aliphatic rings.